The first-order chi connectivity index (χ1) is 10.6. The predicted molar refractivity (Wildman–Crippen MR) is 84.9 cm³/mol. The zero-order valence-electron chi connectivity index (χ0n) is 12.9. The maximum Gasteiger partial charge on any atom is 0.260 e. The van der Waals surface area contributed by atoms with E-state index in [2.05, 4.69) is 22.2 Å². The Labute approximate surface area is 128 Å². The van der Waals surface area contributed by atoms with Gasteiger partial charge in [-0.25, -0.2) is 4.98 Å². The van der Waals surface area contributed by atoms with E-state index >= 15 is 0 Å². The third-order valence-electron chi connectivity index (χ3n) is 3.85. The first kappa shape index (κ1) is 15.0. The Kier molecular flexibility index (Phi) is 4.13. The van der Waals surface area contributed by atoms with Crippen molar-refractivity contribution in [1.29, 1.82) is 0 Å². The van der Waals surface area contributed by atoms with E-state index in [-0.39, 0.29) is 5.56 Å². The second-order valence-electron chi connectivity index (χ2n) is 5.95. The fraction of sp³-hybridized carbons (Fsp3) is 0.500. The summed E-state index contributed by atoms with van der Waals surface area (Å²) >= 11 is 0. The van der Waals surface area contributed by atoms with Crippen LogP contribution in [0.5, 0.6) is 0 Å². The first-order valence-corrected chi connectivity index (χ1v) is 7.57. The van der Waals surface area contributed by atoms with E-state index in [1.807, 2.05) is 25.1 Å². The standard InChI is InChI=1S/C16H21N3O3/c1-11(9-16(2)21-7-8-22-16)10-17-15-18-13-6-4-3-5-12(13)14(20)19-15/h3-6,11H,7-10H2,1-2H3,(H2,17,18,19,20)/t11-/m0/s1. The van der Waals surface area contributed by atoms with Crippen molar-refractivity contribution in [1.82, 2.24) is 9.97 Å². The number of benzene rings is 1. The van der Waals surface area contributed by atoms with E-state index in [9.17, 15) is 4.79 Å². The van der Waals surface area contributed by atoms with Crippen molar-refractivity contribution in [2.24, 2.45) is 5.92 Å². The Morgan fingerprint density at radius 3 is 2.86 bits per heavy atom. The third kappa shape index (κ3) is 3.28. The van der Waals surface area contributed by atoms with Crippen LogP contribution in [0.25, 0.3) is 10.9 Å². The molecule has 1 fully saturated rings. The molecular formula is C16H21N3O3. The predicted octanol–water partition coefficient (Wildman–Crippen LogP) is 2.12. The maximum absolute atomic E-state index is 12.0. The molecule has 2 aromatic rings. The van der Waals surface area contributed by atoms with Gasteiger partial charge in [-0.1, -0.05) is 19.1 Å². The normalized spacial score (nSPS) is 18.5. The van der Waals surface area contributed by atoms with Gasteiger partial charge in [0.15, 0.2) is 5.79 Å². The molecule has 0 saturated carbocycles. The molecule has 2 heterocycles. The highest BCUT2D eigenvalue weighted by Gasteiger charge is 2.32. The van der Waals surface area contributed by atoms with Crippen LogP contribution in [0.1, 0.15) is 20.3 Å². The highest BCUT2D eigenvalue weighted by molar-refractivity contribution is 5.78. The van der Waals surface area contributed by atoms with Gasteiger partial charge in [-0.2, -0.15) is 0 Å². The summed E-state index contributed by atoms with van der Waals surface area (Å²) in [6.07, 6.45) is 0.789. The minimum atomic E-state index is -0.495. The van der Waals surface area contributed by atoms with Gasteiger partial charge in [0.1, 0.15) is 0 Å². The lowest BCUT2D eigenvalue weighted by Gasteiger charge is -2.26. The zero-order valence-corrected chi connectivity index (χ0v) is 12.9. The number of para-hydroxylation sites is 1. The molecule has 1 saturated heterocycles. The van der Waals surface area contributed by atoms with Crippen LogP contribution in [0.4, 0.5) is 5.95 Å². The summed E-state index contributed by atoms with van der Waals surface area (Å²) in [5.41, 5.74) is 0.561. The number of fused-ring (bicyclic) bond motifs is 1. The Bertz CT molecular complexity index is 707. The first-order valence-electron chi connectivity index (χ1n) is 7.57. The minimum Gasteiger partial charge on any atom is -0.355 e. The van der Waals surface area contributed by atoms with Crippen LogP contribution in [0.15, 0.2) is 29.1 Å². The number of anilines is 1. The van der Waals surface area contributed by atoms with E-state index in [0.717, 1.165) is 6.42 Å². The van der Waals surface area contributed by atoms with Gasteiger partial charge >= 0.3 is 0 Å². The molecule has 6 heteroatoms. The average Bonchev–Trinajstić information content (AvgIpc) is 2.91. The van der Waals surface area contributed by atoms with Gasteiger partial charge in [0.25, 0.3) is 5.56 Å². The van der Waals surface area contributed by atoms with Crippen LogP contribution in [0.2, 0.25) is 0 Å². The van der Waals surface area contributed by atoms with Crippen molar-refractivity contribution in [3.63, 3.8) is 0 Å². The Balaban J connectivity index is 1.65. The number of aromatic amines is 1. The summed E-state index contributed by atoms with van der Waals surface area (Å²) < 4.78 is 11.2. The third-order valence-corrected chi connectivity index (χ3v) is 3.85. The lowest BCUT2D eigenvalue weighted by Crippen LogP contribution is -2.30. The highest BCUT2D eigenvalue weighted by Crippen LogP contribution is 2.26. The Morgan fingerprint density at radius 2 is 2.09 bits per heavy atom. The molecular weight excluding hydrogens is 282 g/mol. The number of hydrogen-bond donors (Lipinski definition) is 2. The van der Waals surface area contributed by atoms with Crippen LogP contribution in [0, 0.1) is 5.92 Å². The molecule has 1 aliphatic heterocycles. The van der Waals surface area contributed by atoms with Crippen molar-refractivity contribution in [2.45, 2.75) is 26.1 Å². The smallest absolute Gasteiger partial charge is 0.260 e. The van der Waals surface area contributed by atoms with Crippen molar-refractivity contribution in [3.8, 4) is 0 Å². The molecule has 0 amide bonds. The fourth-order valence-electron chi connectivity index (χ4n) is 2.82. The van der Waals surface area contributed by atoms with E-state index in [0.29, 0.717) is 42.5 Å². The molecule has 0 radical (unpaired) electrons. The Morgan fingerprint density at radius 1 is 1.36 bits per heavy atom. The van der Waals surface area contributed by atoms with Crippen LogP contribution in [-0.4, -0.2) is 35.5 Å². The average molecular weight is 303 g/mol. The van der Waals surface area contributed by atoms with E-state index in [4.69, 9.17) is 9.47 Å². The molecule has 1 aliphatic rings. The van der Waals surface area contributed by atoms with Gasteiger partial charge in [-0.15, -0.1) is 0 Å². The minimum absolute atomic E-state index is 0.129. The number of aromatic nitrogens is 2. The summed E-state index contributed by atoms with van der Waals surface area (Å²) in [5, 5.41) is 3.79. The van der Waals surface area contributed by atoms with Crippen LogP contribution >= 0.6 is 0 Å². The van der Waals surface area contributed by atoms with Crippen LogP contribution in [0.3, 0.4) is 0 Å². The van der Waals surface area contributed by atoms with E-state index < -0.39 is 5.79 Å². The number of nitrogens with zero attached hydrogens (tertiary/aromatic N) is 1. The van der Waals surface area contributed by atoms with Crippen molar-refractivity contribution >= 4 is 16.9 Å². The Hall–Kier alpha value is -1.92. The highest BCUT2D eigenvalue weighted by atomic mass is 16.7. The summed E-state index contributed by atoms with van der Waals surface area (Å²) in [5.74, 6) is 0.319. The largest absolute Gasteiger partial charge is 0.355 e. The second kappa shape index (κ2) is 6.06. The summed E-state index contributed by atoms with van der Waals surface area (Å²) in [6.45, 7) is 6.06. The van der Waals surface area contributed by atoms with Gasteiger partial charge in [-0.05, 0) is 25.0 Å². The van der Waals surface area contributed by atoms with E-state index in [1.54, 1.807) is 6.07 Å². The number of nitrogens with one attached hydrogen (secondary N) is 2. The fourth-order valence-corrected chi connectivity index (χ4v) is 2.82. The van der Waals surface area contributed by atoms with Gasteiger partial charge in [-0.3, -0.25) is 9.78 Å². The second-order valence-corrected chi connectivity index (χ2v) is 5.95. The molecule has 0 bridgehead atoms. The molecule has 2 N–H and O–H groups in total. The van der Waals surface area contributed by atoms with Gasteiger partial charge in [0.2, 0.25) is 5.95 Å². The summed E-state index contributed by atoms with van der Waals surface area (Å²) in [7, 11) is 0. The zero-order chi connectivity index (χ0) is 15.6. The van der Waals surface area contributed by atoms with Crippen molar-refractivity contribution in [3.05, 3.63) is 34.6 Å². The number of ether oxygens (including phenoxy) is 2. The number of H-pyrrole nitrogens is 1. The van der Waals surface area contributed by atoms with Crippen LogP contribution in [-0.2, 0) is 9.47 Å². The van der Waals surface area contributed by atoms with E-state index in [1.165, 1.54) is 0 Å². The molecule has 1 aromatic carbocycles. The molecule has 0 aliphatic carbocycles. The van der Waals surface area contributed by atoms with Crippen molar-refractivity contribution < 1.29 is 9.47 Å². The quantitative estimate of drug-likeness (QED) is 0.885. The topological polar surface area (TPSA) is 76.2 Å². The van der Waals surface area contributed by atoms with Crippen molar-refractivity contribution in [2.75, 3.05) is 25.1 Å². The lowest BCUT2D eigenvalue weighted by molar-refractivity contribution is -0.153. The van der Waals surface area contributed by atoms with Gasteiger partial charge < -0.3 is 14.8 Å². The van der Waals surface area contributed by atoms with Gasteiger partial charge in [0.05, 0.1) is 24.1 Å². The van der Waals surface area contributed by atoms with Crippen LogP contribution < -0.4 is 10.9 Å². The molecule has 3 rings (SSSR count). The molecule has 1 aromatic heterocycles. The molecule has 0 spiro atoms. The summed E-state index contributed by atoms with van der Waals surface area (Å²) in [4.78, 5) is 19.2. The SMILES string of the molecule is C[C@H](CNc1nc2ccccc2c(=O)[nH]1)CC1(C)OCCO1. The molecule has 6 nitrogen and oxygen atoms in total. The monoisotopic (exact) mass is 303 g/mol. The lowest BCUT2D eigenvalue weighted by atomic mass is 10.0. The molecule has 0 unspecified atom stereocenters. The molecule has 22 heavy (non-hydrogen) atoms. The van der Waals surface area contributed by atoms with Gasteiger partial charge in [0, 0.05) is 13.0 Å². The number of hydrogen-bond acceptors (Lipinski definition) is 5. The molecule has 118 valence electrons. The molecule has 1 atom stereocenters. The number of rotatable bonds is 5. The maximum atomic E-state index is 12.0. The summed E-state index contributed by atoms with van der Waals surface area (Å²) in [6, 6.07) is 7.30.